The Labute approximate surface area is 84.0 Å². The van der Waals surface area contributed by atoms with Crippen molar-refractivity contribution in [2.45, 2.75) is 25.9 Å². The highest BCUT2D eigenvalue weighted by atomic mass is 16.5. The fourth-order valence-corrected chi connectivity index (χ4v) is 0.915. The van der Waals surface area contributed by atoms with Crippen molar-refractivity contribution in [2.24, 2.45) is 0 Å². The zero-order valence-corrected chi connectivity index (χ0v) is 8.53. The van der Waals surface area contributed by atoms with Gasteiger partial charge in [0.1, 0.15) is 6.61 Å². The van der Waals surface area contributed by atoms with Gasteiger partial charge in [-0.15, -0.1) is 0 Å². The zero-order chi connectivity index (χ0) is 10.6. The molecule has 3 heteroatoms. The number of hydrogen-bond donors (Lipinski definition) is 2. The van der Waals surface area contributed by atoms with E-state index in [0.29, 0.717) is 12.2 Å². The van der Waals surface area contributed by atoms with Gasteiger partial charge in [0.25, 0.3) is 0 Å². The Bertz CT molecular complexity index is 294. The van der Waals surface area contributed by atoms with Gasteiger partial charge in [-0.05, 0) is 25.5 Å². The first kappa shape index (κ1) is 10.9. The van der Waals surface area contributed by atoms with Gasteiger partial charge in [-0.2, -0.15) is 0 Å². The molecule has 0 spiro atoms. The van der Waals surface area contributed by atoms with E-state index in [1.807, 2.05) is 6.92 Å². The Morgan fingerprint density at radius 1 is 1.36 bits per heavy atom. The summed E-state index contributed by atoms with van der Waals surface area (Å²) in [6.07, 6.45) is 0.612. The Morgan fingerprint density at radius 3 is 2.57 bits per heavy atom. The quantitative estimate of drug-likeness (QED) is 0.773. The highest BCUT2D eigenvalue weighted by molar-refractivity contribution is 5.37. The molecule has 0 amide bonds. The van der Waals surface area contributed by atoms with Crippen LogP contribution in [0.5, 0.6) is 11.5 Å². The largest absolute Gasteiger partial charge is 0.504 e. The molecule has 1 aromatic carbocycles. The lowest BCUT2D eigenvalue weighted by molar-refractivity contribution is 0.00778. The maximum Gasteiger partial charge on any atom is 0.161 e. The third-order valence-corrected chi connectivity index (χ3v) is 2.17. The Kier molecular flexibility index (Phi) is 3.36. The van der Waals surface area contributed by atoms with Crippen molar-refractivity contribution in [1.82, 2.24) is 0 Å². The maximum absolute atomic E-state index is 9.67. The molecule has 2 N–H and O–H groups in total. The van der Waals surface area contributed by atoms with Gasteiger partial charge in [0.15, 0.2) is 11.5 Å². The van der Waals surface area contributed by atoms with Gasteiger partial charge in [-0.1, -0.05) is 19.1 Å². The summed E-state index contributed by atoms with van der Waals surface area (Å²) in [5.74, 6) is 0.501. The van der Waals surface area contributed by atoms with Gasteiger partial charge in [-0.3, -0.25) is 0 Å². The molecule has 0 heterocycles. The smallest absolute Gasteiger partial charge is 0.161 e. The summed E-state index contributed by atoms with van der Waals surface area (Å²) in [5, 5.41) is 19.0. The summed E-state index contributed by atoms with van der Waals surface area (Å²) in [6, 6.07) is 6.72. The van der Waals surface area contributed by atoms with E-state index in [1.54, 1.807) is 31.2 Å². The number of phenols is 1. The van der Waals surface area contributed by atoms with Gasteiger partial charge in [0.05, 0.1) is 5.60 Å². The highest BCUT2D eigenvalue weighted by Gasteiger charge is 2.18. The Hall–Kier alpha value is -1.22. The molecule has 1 unspecified atom stereocenters. The van der Waals surface area contributed by atoms with Crippen LogP contribution in [0.3, 0.4) is 0 Å². The number of benzene rings is 1. The van der Waals surface area contributed by atoms with Gasteiger partial charge in [-0.25, -0.2) is 0 Å². The predicted molar refractivity (Wildman–Crippen MR) is 54.5 cm³/mol. The monoisotopic (exact) mass is 196 g/mol. The molecular formula is C11H16O3. The van der Waals surface area contributed by atoms with Gasteiger partial charge in [0.2, 0.25) is 0 Å². The second-order valence-electron chi connectivity index (χ2n) is 3.61. The lowest BCUT2D eigenvalue weighted by Crippen LogP contribution is -2.31. The van der Waals surface area contributed by atoms with E-state index in [2.05, 4.69) is 0 Å². The topological polar surface area (TPSA) is 49.7 Å². The fourth-order valence-electron chi connectivity index (χ4n) is 0.915. The number of rotatable bonds is 4. The second-order valence-corrected chi connectivity index (χ2v) is 3.61. The van der Waals surface area contributed by atoms with Crippen molar-refractivity contribution in [3.05, 3.63) is 24.3 Å². The maximum atomic E-state index is 9.67. The normalized spacial score (nSPS) is 14.8. The van der Waals surface area contributed by atoms with Crippen LogP contribution in [0.25, 0.3) is 0 Å². The summed E-state index contributed by atoms with van der Waals surface area (Å²) in [7, 11) is 0. The SMILES string of the molecule is CCC(C)(O)COc1ccccc1O. The number of para-hydroxylation sites is 2. The molecule has 0 radical (unpaired) electrons. The number of phenolic OH excluding ortho intramolecular Hbond substituents is 1. The first-order valence-electron chi connectivity index (χ1n) is 4.68. The van der Waals surface area contributed by atoms with Crippen molar-refractivity contribution in [2.75, 3.05) is 6.61 Å². The third-order valence-electron chi connectivity index (χ3n) is 2.17. The molecule has 3 nitrogen and oxygen atoms in total. The first-order valence-corrected chi connectivity index (χ1v) is 4.68. The minimum atomic E-state index is -0.845. The van der Waals surface area contributed by atoms with Crippen LogP contribution in [-0.4, -0.2) is 22.4 Å². The molecule has 1 rings (SSSR count). The van der Waals surface area contributed by atoms with Crippen molar-refractivity contribution in [1.29, 1.82) is 0 Å². The van der Waals surface area contributed by atoms with E-state index in [1.165, 1.54) is 0 Å². The molecule has 78 valence electrons. The summed E-state index contributed by atoms with van der Waals surface area (Å²) >= 11 is 0. The second kappa shape index (κ2) is 4.33. The molecule has 0 aliphatic rings. The summed E-state index contributed by atoms with van der Waals surface area (Å²) in [4.78, 5) is 0. The molecule has 0 aromatic heterocycles. The van der Waals surface area contributed by atoms with Crippen LogP contribution in [0.1, 0.15) is 20.3 Å². The van der Waals surface area contributed by atoms with E-state index in [0.717, 1.165) is 0 Å². The highest BCUT2D eigenvalue weighted by Crippen LogP contribution is 2.25. The fraction of sp³-hybridized carbons (Fsp3) is 0.455. The molecule has 0 aliphatic heterocycles. The number of ether oxygens (including phenoxy) is 1. The average Bonchev–Trinajstić information content (AvgIpc) is 2.17. The Morgan fingerprint density at radius 2 is 2.00 bits per heavy atom. The van der Waals surface area contributed by atoms with E-state index < -0.39 is 5.60 Å². The summed E-state index contributed by atoms with van der Waals surface area (Å²) < 4.78 is 5.29. The summed E-state index contributed by atoms with van der Waals surface area (Å²) in [6.45, 7) is 3.77. The minimum Gasteiger partial charge on any atom is -0.504 e. The predicted octanol–water partition coefficient (Wildman–Crippen LogP) is 1.93. The number of hydrogen-bond acceptors (Lipinski definition) is 3. The molecule has 0 saturated heterocycles. The molecule has 14 heavy (non-hydrogen) atoms. The van der Waals surface area contributed by atoms with Crippen LogP contribution in [0.4, 0.5) is 0 Å². The standard InChI is InChI=1S/C11H16O3/c1-3-11(2,13)8-14-10-7-5-4-6-9(10)12/h4-7,12-13H,3,8H2,1-2H3. The van der Waals surface area contributed by atoms with Crippen molar-refractivity contribution < 1.29 is 14.9 Å². The van der Waals surface area contributed by atoms with E-state index in [4.69, 9.17) is 4.74 Å². The van der Waals surface area contributed by atoms with Crippen LogP contribution < -0.4 is 4.74 Å². The lowest BCUT2D eigenvalue weighted by Gasteiger charge is -2.21. The van der Waals surface area contributed by atoms with Gasteiger partial charge < -0.3 is 14.9 Å². The van der Waals surface area contributed by atoms with Crippen molar-refractivity contribution in [3.8, 4) is 11.5 Å². The van der Waals surface area contributed by atoms with Gasteiger partial charge >= 0.3 is 0 Å². The molecule has 0 aliphatic carbocycles. The lowest BCUT2D eigenvalue weighted by atomic mass is 10.1. The summed E-state index contributed by atoms with van der Waals surface area (Å²) in [5.41, 5.74) is -0.845. The van der Waals surface area contributed by atoms with Crippen LogP contribution >= 0.6 is 0 Å². The van der Waals surface area contributed by atoms with Gasteiger partial charge in [0, 0.05) is 0 Å². The van der Waals surface area contributed by atoms with Crippen LogP contribution in [0, 0.1) is 0 Å². The van der Waals surface area contributed by atoms with Crippen LogP contribution in [0.15, 0.2) is 24.3 Å². The number of aliphatic hydroxyl groups is 1. The molecule has 0 bridgehead atoms. The molecule has 0 fully saturated rings. The Balaban J connectivity index is 2.58. The first-order chi connectivity index (χ1) is 6.55. The van der Waals surface area contributed by atoms with E-state index >= 15 is 0 Å². The number of aromatic hydroxyl groups is 1. The van der Waals surface area contributed by atoms with Crippen molar-refractivity contribution >= 4 is 0 Å². The van der Waals surface area contributed by atoms with E-state index in [9.17, 15) is 10.2 Å². The molecule has 0 saturated carbocycles. The van der Waals surface area contributed by atoms with E-state index in [-0.39, 0.29) is 12.4 Å². The average molecular weight is 196 g/mol. The van der Waals surface area contributed by atoms with Crippen molar-refractivity contribution in [3.63, 3.8) is 0 Å². The van der Waals surface area contributed by atoms with Crippen LogP contribution in [-0.2, 0) is 0 Å². The molecule has 1 atom stereocenters. The molecular weight excluding hydrogens is 180 g/mol. The zero-order valence-electron chi connectivity index (χ0n) is 8.53. The third kappa shape index (κ3) is 2.92. The minimum absolute atomic E-state index is 0.0967. The molecule has 1 aromatic rings. The van der Waals surface area contributed by atoms with Crippen LogP contribution in [0.2, 0.25) is 0 Å².